The summed E-state index contributed by atoms with van der Waals surface area (Å²) in [6, 6.07) is 41.1. The minimum Gasteiger partial charge on any atom is -0.313 e. The summed E-state index contributed by atoms with van der Waals surface area (Å²) in [5.41, 5.74) is 12.9. The van der Waals surface area contributed by atoms with Crippen molar-refractivity contribution in [1.29, 1.82) is 0 Å². The van der Waals surface area contributed by atoms with Gasteiger partial charge in [0.15, 0.2) is 0 Å². The molecule has 0 radical (unpaired) electrons. The molecule has 2 heteroatoms. The first-order valence-corrected chi connectivity index (χ1v) is 18.8. The van der Waals surface area contributed by atoms with E-state index in [1.807, 2.05) is 0 Å². The van der Waals surface area contributed by atoms with Crippen molar-refractivity contribution < 1.29 is 0 Å². The van der Waals surface area contributed by atoms with Crippen LogP contribution in [-0.2, 0) is 10.8 Å². The Morgan fingerprint density at radius 1 is 0.365 bits per heavy atom. The van der Waals surface area contributed by atoms with Gasteiger partial charge in [-0.15, -0.1) is 0 Å². The summed E-state index contributed by atoms with van der Waals surface area (Å²) in [5, 5.41) is 13.2. The van der Waals surface area contributed by atoms with Crippen molar-refractivity contribution in [3.63, 3.8) is 0 Å². The molecule has 9 aromatic rings. The fraction of sp³-hybridized carbons (Fsp3) is 0.240. The Morgan fingerprint density at radius 3 is 1.10 bits per heavy atom. The van der Waals surface area contributed by atoms with Crippen LogP contribution >= 0.6 is 0 Å². The van der Waals surface area contributed by atoms with Gasteiger partial charge in [-0.05, 0) is 129 Å². The normalized spacial score (nSPS) is 12.8. The molecule has 0 aliphatic carbocycles. The maximum Gasteiger partial charge on any atom is 0.0540 e. The first-order valence-electron chi connectivity index (χ1n) is 18.8. The highest BCUT2D eigenvalue weighted by Gasteiger charge is 2.30. The van der Waals surface area contributed by atoms with E-state index in [1.54, 1.807) is 0 Å². The molecule has 2 aromatic heterocycles. The molecular weight excluding hydrogens is 629 g/mol. The van der Waals surface area contributed by atoms with Crippen LogP contribution in [0.1, 0.15) is 75.2 Å². The fourth-order valence-electron chi connectivity index (χ4n) is 9.39. The minimum absolute atomic E-state index is 0.101. The first kappa shape index (κ1) is 32.6. The Labute approximate surface area is 307 Å². The number of hydrogen-bond donors (Lipinski definition) is 0. The molecule has 0 bridgehead atoms. The molecular formula is C50H48N2. The van der Waals surface area contributed by atoms with Gasteiger partial charge in [-0.25, -0.2) is 0 Å². The summed E-state index contributed by atoms with van der Waals surface area (Å²) in [7, 11) is 0. The van der Waals surface area contributed by atoms with E-state index in [0.717, 1.165) is 0 Å². The summed E-state index contributed by atoms with van der Waals surface area (Å²) >= 11 is 0. The van der Waals surface area contributed by atoms with Gasteiger partial charge >= 0.3 is 0 Å². The predicted octanol–water partition coefficient (Wildman–Crippen LogP) is 14.0. The third-order valence-electron chi connectivity index (χ3n) is 11.9. The van der Waals surface area contributed by atoms with E-state index in [4.69, 9.17) is 0 Å². The van der Waals surface area contributed by atoms with Gasteiger partial charge in [0.05, 0.1) is 22.4 Å². The van der Waals surface area contributed by atoms with E-state index in [0.29, 0.717) is 0 Å². The van der Waals surface area contributed by atoms with Gasteiger partial charge in [-0.3, -0.25) is 0 Å². The number of rotatable bonds is 2. The van der Waals surface area contributed by atoms with Gasteiger partial charge in [-0.1, -0.05) is 114 Å². The number of fused-ring (bicyclic) bond motifs is 6. The van der Waals surface area contributed by atoms with Crippen molar-refractivity contribution in [3.8, 4) is 11.4 Å². The molecule has 2 heterocycles. The lowest BCUT2D eigenvalue weighted by Crippen LogP contribution is -2.18. The van der Waals surface area contributed by atoms with Crippen LogP contribution in [0.15, 0.2) is 109 Å². The molecule has 0 fully saturated rings. The van der Waals surface area contributed by atoms with Crippen molar-refractivity contribution in [2.45, 2.75) is 80.1 Å². The number of aromatic nitrogens is 2. The minimum atomic E-state index is -0.101. The zero-order valence-corrected chi connectivity index (χ0v) is 32.3. The van der Waals surface area contributed by atoms with E-state index < -0.39 is 0 Å². The van der Waals surface area contributed by atoms with Crippen molar-refractivity contribution in [2.75, 3.05) is 0 Å². The highest BCUT2D eigenvalue weighted by molar-refractivity contribution is 6.15. The molecule has 7 aromatic carbocycles. The zero-order chi connectivity index (χ0) is 36.4. The monoisotopic (exact) mass is 676 g/mol. The second-order valence-corrected chi connectivity index (χ2v) is 17.2. The fourth-order valence-corrected chi connectivity index (χ4v) is 9.39. The third kappa shape index (κ3) is 4.56. The van der Waals surface area contributed by atoms with Crippen LogP contribution in [0.3, 0.4) is 0 Å². The lowest BCUT2D eigenvalue weighted by Gasteiger charge is -2.31. The van der Waals surface area contributed by atoms with Gasteiger partial charge in [0, 0.05) is 32.9 Å². The Kier molecular flexibility index (Phi) is 6.94. The Morgan fingerprint density at radius 2 is 0.712 bits per heavy atom. The van der Waals surface area contributed by atoms with Gasteiger partial charge < -0.3 is 9.13 Å². The molecule has 0 unspecified atom stereocenters. The lowest BCUT2D eigenvalue weighted by atomic mass is 9.73. The van der Waals surface area contributed by atoms with Crippen LogP contribution in [0.5, 0.6) is 0 Å². The highest BCUT2D eigenvalue weighted by atomic mass is 15.0. The van der Waals surface area contributed by atoms with Crippen LogP contribution in [0, 0.1) is 27.7 Å². The van der Waals surface area contributed by atoms with Crippen LogP contribution in [0.2, 0.25) is 0 Å². The van der Waals surface area contributed by atoms with Gasteiger partial charge in [0.25, 0.3) is 0 Å². The molecule has 0 aliphatic heterocycles. The third-order valence-corrected chi connectivity index (χ3v) is 11.9. The molecule has 0 saturated heterocycles. The van der Waals surface area contributed by atoms with E-state index in [9.17, 15) is 0 Å². The van der Waals surface area contributed by atoms with Crippen molar-refractivity contribution in [1.82, 2.24) is 9.13 Å². The number of aryl methyl sites for hydroxylation is 2. The standard InChI is InChI=1S/C50H48N2/c1-29-31(3)51(43-23-15-19-33-17-11-13-21-35(33)43)45-27-41-39(25-37(29)45)47(49(5,6)7)42-28-46-38(26-40(42)48(41)50(8,9)10)30(2)32(4)52(46)44-24-16-20-34-18-12-14-22-36(34)44/h11-28H,1-10H3. The summed E-state index contributed by atoms with van der Waals surface area (Å²) in [4.78, 5) is 0. The molecule has 258 valence electrons. The van der Waals surface area contributed by atoms with E-state index >= 15 is 0 Å². The average molecular weight is 677 g/mol. The van der Waals surface area contributed by atoms with Gasteiger partial charge in [0.2, 0.25) is 0 Å². The van der Waals surface area contributed by atoms with Crippen molar-refractivity contribution in [3.05, 3.63) is 143 Å². The molecule has 0 amide bonds. The summed E-state index contributed by atoms with van der Waals surface area (Å²) in [6.45, 7) is 23.6. The smallest absolute Gasteiger partial charge is 0.0540 e. The van der Waals surface area contributed by atoms with Crippen molar-refractivity contribution >= 4 is 64.9 Å². The Hall–Kier alpha value is -5.34. The number of nitrogens with zero attached hydrogens (tertiary/aromatic N) is 2. The maximum absolute atomic E-state index is 2.54. The number of hydrogen-bond acceptors (Lipinski definition) is 0. The molecule has 0 spiro atoms. The highest BCUT2D eigenvalue weighted by Crippen LogP contribution is 2.48. The van der Waals surface area contributed by atoms with E-state index in [-0.39, 0.29) is 10.8 Å². The van der Waals surface area contributed by atoms with E-state index in [2.05, 4.69) is 188 Å². The summed E-state index contributed by atoms with van der Waals surface area (Å²) < 4.78 is 5.03. The first-order chi connectivity index (χ1) is 24.8. The maximum atomic E-state index is 2.54. The number of benzene rings is 7. The van der Waals surface area contributed by atoms with Gasteiger partial charge in [0.1, 0.15) is 0 Å². The second kappa shape index (κ2) is 11.1. The van der Waals surface area contributed by atoms with Gasteiger partial charge in [-0.2, -0.15) is 0 Å². The molecule has 52 heavy (non-hydrogen) atoms. The summed E-state index contributed by atoms with van der Waals surface area (Å²) in [6.07, 6.45) is 0. The molecule has 0 N–H and O–H groups in total. The molecule has 9 rings (SSSR count). The van der Waals surface area contributed by atoms with Crippen LogP contribution in [0.4, 0.5) is 0 Å². The Balaban J connectivity index is 1.47. The van der Waals surface area contributed by atoms with Crippen molar-refractivity contribution in [2.24, 2.45) is 0 Å². The van der Waals surface area contributed by atoms with E-state index in [1.165, 1.54) is 110 Å². The largest absolute Gasteiger partial charge is 0.313 e. The quantitative estimate of drug-likeness (QED) is 0.161. The van der Waals surface area contributed by atoms with Crippen LogP contribution < -0.4 is 0 Å². The zero-order valence-electron chi connectivity index (χ0n) is 32.3. The topological polar surface area (TPSA) is 9.86 Å². The van der Waals surface area contributed by atoms with Crippen LogP contribution in [-0.4, -0.2) is 9.13 Å². The predicted molar refractivity (Wildman–Crippen MR) is 226 cm³/mol. The summed E-state index contributed by atoms with van der Waals surface area (Å²) in [5.74, 6) is 0. The molecule has 0 saturated carbocycles. The molecule has 0 atom stereocenters. The second-order valence-electron chi connectivity index (χ2n) is 17.2. The van der Waals surface area contributed by atoms with Crippen LogP contribution in [0.25, 0.3) is 76.3 Å². The lowest BCUT2D eigenvalue weighted by molar-refractivity contribution is 0.593. The SMILES string of the molecule is Cc1c(C)n(-c2cccc3ccccc23)c2cc3c(C(C)(C)C)c4cc5c(C)c(C)n(-c6cccc7ccccc67)c5cc4c(C(C)(C)C)c3cc12. The molecule has 0 aliphatic rings. The average Bonchev–Trinajstić information content (AvgIpc) is 3.49. The molecule has 2 nitrogen and oxygen atoms in total. The Bertz CT molecular complexity index is 2730.